The summed E-state index contributed by atoms with van der Waals surface area (Å²) in [5, 5.41) is 2.49. The number of nitrogens with one attached hydrogen (secondary N) is 3. The first-order chi connectivity index (χ1) is 28.2. The fourth-order valence-electron chi connectivity index (χ4n) is 8.72. The van der Waals surface area contributed by atoms with Crippen LogP contribution in [0, 0.1) is 17.8 Å². The van der Waals surface area contributed by atoms with E-state index in [-0.39, 0.29) is 42.0 Å². The third-order valence-electron chi connectivity index (χ3n) is 12.0. The van der Waals surface area contributed by atoms with Gasteiger partial charge in [-0.2, -0.15) is 0 Å². The van der Waals surface area contributed by atoms with Gasteiger partial charge in [0, 0.05) is 24.2 Å². The number of alkyl carbamates (subject to hydrolysis) is 1. The first kappa shape index (κ1) is 41.6. The van der Waals surface area contributed by atoms with E-state index in [1.807, 2.05) is 43.0 Å². The highest BCUT2D eigenvalue weighted by Crippen LogP contribution is 2.42. The molecule has 2 saturated heterocycles. The summed E-state index contributed by atoms with van der Waals surface area (Å²) in [6.07, 6.45) is 4.54. The second kappa shape index (κ2) is 16.9. The molecule has 4 atom stereocenters. The molecule has 2 aromatic heterocycles. The van der Waals surface area contributed by atoms with Crippen molar-refractivity contribution in [3.05, 3.63) is 71.6 Å². The van der Waals surface area contributed by atoms with Crippen molar-refractivity contribution in [1.82, 2.24) is 35.1 Å². The standard InChI is InChI=1S/C44H53F2N7O6/c1-24(2)31(20-36(54)58-5)41(55)52-18-8-11-34(52)40-48-32-10-7-9-29-19-28(16-17-30(29)38(32)50-40)26-12-14-27(15-13-26)33-22-47-39(49-33)35-21-44(45,46)23-53(35)42(56)37(25(3)4)51-43(57)59-6/h12-17,19,22,24-25,31,34-35,37H,7-11,18,20-21,23H2,1-6H3,(H,47,49)(H,48,50)(H,51,57)/t31-,34-,35-,37-/m0/s1. The summed E-state index contributed by atoms with van der Waals surface area (Å²) in [7, 11) is 2.53. The van der Waals surface area contributed by atoms with E-state index in [4.69, 9.17) is 9.72 Å². The highest BCUT2D eigenvalue weighted by Gasteiger charge is 2.50. The maximum Gasteiger partial charge on any atom is 0.407 e. The third kappa shape index (κ3) is 8.60. The number of benzene rings is 2. The SMILES string of the molecule is COC(=O)C[C@H](C(=O)N1CCC[C@H]1c1nc2c([nH]1)CCCc1cc(-c3ccc(-c4cnc([C@@H]5CC(F)(F)CN5C(=O)[C@@H](NC(=O)OC)C(C)C)[nH]4)cc3)ccc1-2)C(C)C. The van der Waals surface area contributed by atoms with Crippen LogP contribution in [-0.4, -0.2) is 92.9 Å². The largest absolute Gasteiger partial charge is 0.469 e. The number of aromatic nitrogens is 4. The summed E-state index contributed by atoms with van der Waals surface area (Å²) in [5.41, 5.74) is 7.70. The minimum Gasteiger partial charge on any atom is -0.469 e. The zero-order valence-corrected chi connectivity index (χ0v) is 34.4. The number of imidazole rings is 2. The van der Waals surface area contributed by atoms with Crippen LogP contribution in [-0.2, 0) is 36.7 Å². The number of esters is 1. The Labute approximate surface area is 342 Å². The summed E-state index contributed by atoms with van der Waals surface area (Å²) in [6, 6.07) is 12.1. The number of rotatable bonds is 11. The molecule has 59 heavy (non-hydrogen) atoms. The highest BCUT2D eigenvalue weighted by atomic mass is 19.3. The molecular formula is C44H53F2N7O6. The molecule has 3 N–H and O–H groups in total. The van der Waals surface area contributed by atoms with Crippen LogP contribution in [0.5, 0.6) is 0 Å². The molecule has 314 valence electrons. The zero-order chi connectivity index (χ0) is 42.2. The van der Waals surface area contributed by atoms with Gasteiger partial charge in [-0.05, 0) is 66.2 Å². The molecule has 2 fully saturated rings. The minimum atomic E-state index is -3.13. The van der Waals surface area contributed by atoms with Crippen molar-refractivity contribution >= 4 is 23.9 Å². The Balaban J connectivity index is 1.08. The Morgan fingerprint density at radius 2 is 1.59 bits per heavy atom. The van der Waals surface area contributed by atoms with E-state index in [0.717, 1.165) is 76.5 Å². The van der Waals surface area contributed by atoms with E-state index in [1.54, 1.807) is 20.0 Å². The number of hydrogen-bond donors (Lipinski definition) is 3. The summed E-state index contributed by atoms with van der Waals surface area (Å²) < 4.78 is 39.2. The number of amides is 3. The van der Waals surface area contributed by atoms with Gasteiger partial charge in [0.1, 0.15) is 17.7 Å². The van der Waals surface area contributed by atoms with E-state index in [1.165, 1.54) is 19.8 Å². The highest BCUT2D eigenvalue weighted by molar-refractivity contribution is 5.87. The number of aryl methyl sites for hydroxylation is 2. The van der Waals surface area contributed by atoms with Crippen LogP contribution in [0.15, 0.2) is 48.7 Å². The number of halogens is 2. The van der Waals surface area contributed by atoms with Crippen molar-refractivity contribution in [1.29, 1.82) is 0 Å². The number of alkyl halides is 2. The number of carbonyl (C=O) groups excluding carboxylic acids is 4. The number of H-pyrrole nitrogens is 2. The molecule has 7 rings (SSSR count). The molecule has 3 amide bonds. The van der Waals surface area contributed by atoms with Gasteiger partial charge >= 0.3 is 12.1 Å². The second-order valence-electron chi connectivity index (χ2n) is 16.7. The number of hydrogen-bond acceptors (Lipinski definition) is 8. The normalized spacial score (nSPS) is 19.6. The van der Waals surface area contributed by atoms with E-state index in [0.29, 0.717) is 12.2 Å². The lowest BCUT2D eigenvalue weighted by molar-refractivity contribution is -0.148. The van der Waals surface area contributed by atoms with Crippen LogP contribution < -0.4 is 5.32 Å². The molecule has 2 aromatic carbocycles. The lowest BCUT2D eigenvalue weighted by Gasteiger charge is -2.29. The van der Waals surface area contributed by atoms with Crippen LogP contribution in [0.3, 0.4) is 0 Å². The summed E-state index contributed by atoms with van der Waals surface area (Å²) in [6.45, 7) is 7.21. The predicted octanol–water partition coefficient (Wildman–Crippen LogP) is 7.41. The Bertz CT molecular complexity index is 2200. The molecular weight excluding hydrogens is 761 g/mol. The number of nitrogens with zero attached hydrogens (tertiary/aromatic N) is 4. The lowest BCUT2D eigenvalue weighted by Crippen LogP contribution is -2.51. The maximum atomic E-state index is 14.8. The number of ether oxygens (including phenoxy) is 2. The average Bonchev–Trinajstić information content (AvgIpc) is 4.03. The lowest BCUT2D eigenvalue weighted by atomic mass is 9.90. The molecule has 4 heterocycles. The quantitative estimate of drug-likeness (QED) is 0.132. The van der Waals surface area contributed by atoms with Gasteiger partial charge in [-0.3, -0.25) is 14.4 Å². The van der Waals surface area contributed by atoms with E-state index < -0.39 is 48.9 Å². The number of fused-ring (bicyclic) bond motifs is 3. The number of methoxy groups -OCH3 is 2. The summed E-state index contributed by atoms with van der Waals surface area (Å²) in [5.74, 6) is -3.98. The molecule has 4 aromatic rings. The van der Waals surface area contributed by atoms with Gasteiger partial charge in [0.25, 0.3) is 5.92 Å². The van der Waals surface area contributed by atoms with Crippen molar-refractivity contribution in [2.75, 3.05) is 27.3 Å². The van der Waals surface area contributed by atoms with E-state index in [2.05, 4.69) is 43.2 Å². The third-order valence-corrected chi connectivity index (χ3v) is 12.0. The molecule has 13 nitrogen and oxygen atoms in total. The molecule has 15 heteroatoms. The van der Waals surface area contributed by atoms with Crippen LogP contribution in [0.1, 0.15) is 94.8 Å². The van der Waals surface area contributed by atoms with Crippen molar-refractivity contribution in [2.24, 2.45) is 17.8 Å². The first-order valence-electron chi connectivity index (χ1n) is 20.5. The van der Waals surface area contributed by atoms with Crippen molar-refractivity contribution in [2.45, 2.75) is 96.7 Å². The minimum absolute atomic E-state index is 0.0143. The van der Waals surface area contributed by atoms with Gasteiger partial charge in [0.2, 0.25) is 11.8 Å². The zero-order valence-electron chi connectivity index (χ0n) is 34.4. The Morgan fingerprint density at radius 3 is 2.29 bits per heavy atom. The molecule has 0 spiro atoms. The topological polar surface area (TPSA) is 163 Å². The molecule has 2 aliphatic heterocycles. The molecule has 3 aliphatic rings. The van der Waals surface area contributed by atoms with Crippen LogP contribution in [0.25, 0.3) is 33.6 Å². The van der Waals surface area contributed by atoms with Crippen molar-refractivity contribution in [3.63, 3.8) is 0 Å². The number of carbonyl (C=O) groups is 4. The second-order valence-corrected chi connectivity index (χ2v) is 16.7. The summed E-state index contributed by atoms with van der Waals surface area (Å²) >= 11 is 0. The van der Waals surface area contributed by atoms with E-state index >= 15 is 0 Å². The fourth-order valence-corrected chi connectivity index (χ4v) is 8.72. The van der Waals surface area contributed by atoms with Crippen molar-refractivity contribution < 1.29 is 37.4 Å². The number of aromatic amines is 2. The predicted molar refractivity (Wildman–Crippen MR) is 216 cm³/mol. The van der Waals surface area contributed by atoms with Gasteiger partial charge in [0.15, 0.2) is 0 Å². The molecule has 0 saturated carbocycles. The maximum absolute atomic E-state index is 14.8. The van der Waals surface area contributed by atoms with Gasteiger partial charge < -0.3 is 34.6 Å². The molecule has 1 aliphatic carbocycles. The Hall–Kier alpha value is -5.60. The van der Waals surface area contributed by atoms with Crippen molar-refractivity contribution in [3.8, 4) is 33.6 Å². The van der Waals surface area contributed by atoms with Crippen LogP contribution in [0.4, 0.5) is 13.6 Å². The van der Waals surface area contributed by atoms with E-state index in [9.17, 15) is 28.0 Å². The fraction of sp³-hybridized carbons (Fsp3) is 0.500. The Kier molecular flexibility index (Phi) is 11.9. The molecule has 0 radical (unpaired) electrons. The van der Waals surface area contributed by atoms with Crippen LogP contribution in [0.2, 0.25) is 0 Å². The molecule has 0 bridgehead atoms. The van der Waals surface area contributed by atoms with Crippen LogP contribution >= 0.6 is 0 Å². The number of likely N-dealkylation sites (tertiary alicyclic amines) is 2. The van der Waals surface area contributed by atoms with Gasteiger partial charge in [-0.25, -0.2) is 23.5 Å². The molecule has 0 unspecified atom stereocenters. The monoisotopic (exact) mass is 813 g/mol. The summed E-state index contributed by atoms with van der Waals surface area (Å²) in [4.78, 5) is 70.8. The smallest absolute Gasteiger partial charge is 0.407 e. The van der Waals surface area contributed by atoms with Gasteiger partial charge in [-0.15, -0.1) is 0 Å². The van der Waals surface area contributed by atoms with Gasteiger partial charge in [0.05, 0.1) is 62.8 Å². The Morgan fingerprint density at radius 1 is 0.864 bits per heavy atom. The van der Waals surface area contributed by atoms with Gasteiger partial charge in [-0.1, -0.05) is 70.2 Å². The first-order valence-corrected chi connectivity index (χ1v) is 20.5. The average molecular weight is 814 g/mol.